The van der Waals surface area contributed by atoms with Crippen LogP contribution in [0.25, 0.3) is 5.82 Å². The average molecular weight is 493 g/mol. The lowest BCUT2D eigenvalue weighted by atomic mass is 9.72. The number of likely N-dealkylation sites (tertiary alicyclic amines) is 1. The van der Waals surface area contributed by atoms with E-state index in [4.69, 9.17) is 16.3 Å². The van der Waals surface area contributed by atoms with E-state index in [9.17, 15) is 4.79 Å². The van der Waals surface area contributed by atoms with Gasteiger partial charge in [0.2, 0.25) is 5.91 Å². The largest absolute Gasteiger partial charge is 0.378 e. The van der Waals surface area contributed by atoms with Crippen molar-refractivity contribution in [2.45, 2.75) is 50.8 Å². The molecule has 3 heterocycles. The molecule has 2 aromatic heterocycles. The molecular formula is C28H33ClN4O2. The number of halogens is 1. The second-order valence-electron chi connectivity index (χ2n) is 10.0. The van der Waals surface area contributed by atoms with Gasteiger partial charge in [0.25, 0.3) is 0 Å². The average Bonchev–Trinajstić information content (AvgIpc) is 3.42. The number of pyridine rings is 1. The number of ether oxygens (including phenoxy) is 1. The van der Waals surface area contributed by atoms with Crippen molar-refractivity contribution >= 4 is 17.5 Å². The van der Waals surface area contributed by atoms with Crippen LogP contribution >= 0.6 is 11.6 Å². The molecule has 1 aromatic carbocycles. The standard InChI is InChI=1S/C28H33ClN4O2/c1-19(2)27(34)31-25-22-8-4-5-9-23(22)28(26(25)35-3)12-15-32(16-13-28)18-21-7-6-14-33(21)24-11-10-20(29)17-30-24/h4-11,14,17,19,25-26H,12-13,15-16,18H2,1-3H3,(H,31,34)/t25-,26+/m0/s1. The summed E-state index contributed by atoms with van der Waals surface area (Å²) in [5, 5.41) is 3.92. The number of carbonyl (C=O) groups excluding carboxylic acids is 1. The van der Waals surface area contributed by atoms with Gasteiger partial charge < -0.3 is 14.6 Å². The topological polar surface area (TPSA) is 59.4 Å². The molecule has 1 saturated heterocycles. The van der Waals surface area contributed by atoms with Crippen LogP contribution in [0.1, 0.15) is 49.6 Å². The molecule has 0 unspecified atom stereocenters. The molecular weight excluding hydrogens is 460 g/mol. The van der Waals surface area contributed by atoms with Crippen molar-refractivity contribution in [3.63, 3.8) is 0 Å². The molecule has 1 aliphatic heterocycles. The van der Waals surface area contributed by atoms with Gasteiger partial charge in [0.1, 0.15) is 5.82 Å². The van der Waals surface area contributed by atoms with Crippen LogP contribution in [0.2, 0.25) is 5.02 Å². The van der Waals surface area contributed by atoms with Crippen molar-refractivity contribution in [3.05, 3.63) is 82.8 Å². The third-order valence-electron chi connectivity index (χ3n) is 7.68. The molecule has 0 bridgehead atoms. The predicted molar refractivity (Wildman–Crippen MR) is 138 cm³/mol. The third-order valence-corrected chi connectivity index (χ3v) is 7.90. The molecule has 2 aliphatic rings. The SMILES string of the molecule is CO[C@@H]1[C@@H](NC(=O)C(C)C)c2ccccc2C12CCN(Cc1cccn1-c1ccc(Cl)cn1)CC2. The maximum absolute atomic E-state index is 12.6. The number of nitrogens with one attached hydrogen (secondary N) is 1. The minimum atomic E-state index is -0.120. The normalized spacial score (nSPS) is 21.4. The smallest absolute Gasteiger partial charge is 0.223 e. The number of aromatic nitrogens is 2. The number of fused-ring (bicyclic) bond motifs is 2. The molecule has 184 valence electrons. The summed E-state index contributed by atoms with van der Waals surface area (Å²) in [6.45, 7) is 6.63. The van der Waals surface area contributed by atoms with E-state index in [1.54, 1.807) is 13.3 Å². The van der Waals surface area contributed by atoms with E-state index in [2.05, 4.69) is 56.2 Å². The fourth-order valence-corrected chi connectivity index (χ4v) is 5.98. The quantitative estimate of drug-likeness (QED) is 0.531. The Morgan fingerprint density at radius 3 is 2.63 bits per heavy atom. The second-order valence-corrected chi connectivity index (χ2v) is 10.5. The lowest BCUT2D eigenvalue weighted by molar-refractivity contribution is -0.126. The van der Waals surface area contributed by atoms with Gasteiger partial charge in [0.15, 0.2) is 0 Å². The van der Waals surface area contributed by atoms with Gasteiger partial charge >= 0.3 is 0 Å². The highest BCUT2D eigenvalue weighted by Gasteiger charge is 2.54. The highest BCUT2D eigenvalue weighted by atomic mass is 35.5. The van der Waals surface area contributed by atoms with E-state index in [1.165, 1.54) is 16.8 Å². The van der Waals surface area contributed by atoms with Gasteiger partial charge in [-0.15, -0.1) is 0 Å². The maximum atomic E-state index is 12.6. The minimum absolute atomic E-state index is 0.0653. The molecule has 5 rings (SSSR count). The Hall–Kier alpha value is -2.67. The molecule has 1 spiro atoms. The molecule has 0 radical (unpaired) electrons. The van der Waals surface area contributed by atoms with Crippen LogP contribution in [-0.4, -0.2) is 46.7 Å². The Balaban J connectivity index is 1.35. The summed E-state index contributed by atoms with van der Waals surface area (Å²) in [5.41, 5.74) is 3.63. The Morgan fingerprint density at radius 2 is 1.94 bits per heavy atom. The van der Waals surface area contributed by atoms with Crippen LogP contribution in [-0.2, 0) is 21.5 Å². The van der Waals surface area contributed by atoms with E-state index in [-0.39, 0.29) is 29.4 Å². The van der Waals surface area contributed by atoms with Crippen LogP contribution in [0.3, 0.4) is 0 Å². The van der Waals surface area contributed by atoms with Gasteiger partial charge in [0, 0.05) is 43.1 Å². The Kier molecular flexibility index (Phi) is 6.71. The molecule has 35 heavy (non-hydrogen) atoms. The van der Waals surface area contributed by atoms with Crippen LogP contribution in [0.5, 0.6) is 0 Å². The summed E-state index contributed by atoms with van der Waals surface area (Å²) in [5.74, 6) is 0.873. The third kappa shape index (κ3) is 4.39. The Labute approximate surface area is 212 Å². The number of carbonyl (C=O) groups is 1. The van der Waals surface area contributed by atoms with Crippen molar-refractivity contribution in [2.75, 3.05) is 20.2 Å². The first kappa shape index (κ1) is 24.0. The first-order chi connectivity index (χ1) is 16.9. The number of methoxy groups -OCH3 is 1. The summed E-state index contributed by atoms with van der Waals surface area (Å²) in [6, 6.07) is 16.5. The summed E-state index contributed by atoms with van der Waals surface area (Å²) in [6.07, 6.45) is 5.62. The van der Waals surface area contributed by atoms with Crippen LogP contribution in [0, 0.1) is 5.92 Å². The Bertz CT molecular complexity index is 1180. The van der Waals surface area contributed by atoms with Gasteiger partial charge in [-0.1, -0.05) is 49.7 Å². The summed E-state index contributed by atoms with van der Waals surface area (Å²) < 4.78 is 8.28. The van der Waals surface area contributed by atoms with Crippen molar-refractivity contribution in [3.8, 4) is 5.82 Å². The summed E-state index contributed by atoms with van der Waals surface area (Å²) in [7, 11) is 1.78. The fourth-order valence-electron chi connectivity index (χ4n) is 5.86. The lowest BCUT2D eigenvalue weighted by Gasteiger charge is -2.44. The van der Waals surface area contributed by atoms with E-state index < -0.39 is 0 Å². The number of piperidine rings is 1. The van der Waals surface area contributed by atoms with Gasteiger partial charge in [-0.25, -0.2) is 4.98 Å². The molecule has 1 aliphatic carbocycles. The first-order valence-electron chi connectivity index (χ1n) is 12.4. The van der Waals surface area contributed by atoms with E-state index >= 15 is 0 Å². The second kappa shape index (κ2) is 9.76. The zero-order chi connectivity index (χ0) is 24.6. The molecule has 1 fully saturated rings. The van der Waals surface area contributed by atoms with Crippen LogP contribution < -0.4 is 5.32 Å². The number of benzene rings is 1. The highest BCUT2D eigenvalue weighted by Crippen LogP contribution is 2.52. The number of hydrogen-bond donors (Lipinski definition) is 1. The van der Waals surface area contributed by atoms with Gasteiger partial charge in [0.05, 0.1) is 17.2 Å². The summed E-state index contributed by atoms with van der Waals surface area (Å²) >= 11 is 6.03. The number of nitrogens with zero attached hydrogens (tertiary/aromatic N) is 3. The van der Waals surface area contributed by atoms with Gasteiger partial charge in [-0.3, -0.25) is 9.69 Å². The van der Waals surface area contributed by atoms with E-state index in [0.717, 1.165) is 38.3 Å². The molecule has 0 saturated carbocycles. The fraction of sp³-hybridized carbons (Fsp3) is 0.429. The molecule has 6 nitrogen and oxygen atoms in total. The molecule has 2 atom stereocenters. The van der Waals surface area contributed by atoms with Crippen molar-refractivity contribution in [2.24, 2.45) is 5.92 Å². The number of rotatable bonds is 6. The molecule has 1 amide bonds. The van der Waals surface area contributed by atoms with Crippen molar-refractivity contribution < 1.29 is 9.53 Å². The number of amides is 1. The van der Waals surface area contributed by atoms with Crippen molar-refractivity contribution in [1.29, 1.82) is 0 Å². The van der Waals surface area contributed by atoms with Gasteiger partial charge in [-0.05, 0) is 61.3 Å². The molecule has 7 heteroatoms. The lowest BCUT2D eigenvalue weighted by Crippen LogP contribution is -2.50. The van der Waals surface area contributed by atoms with Gasteiger partial charge in [-0.2, -0.15) is 0 Å². The molecule has 3 aromatic rings. The summed E-state index contributed by atoms with van der Waals surface area (Å²) in [4.78, 5) is 19.6. The van der Waals surface area contributed by atoms with Crippen molar-refractivity contribution in [1.82, 2.24) is 19.8 Å². The van der Waals surface area contributed by atoms with Crippen LogP contribution in [0.15, 0.2) is 60.9 Å². The maximum Gasteiger partial charge on any atom is 0.223 e. The van der Waals surface area contributed by atoms with E-state index in [0.29, 0.717) is 5.02 Å². The van der Waals surface area contributed by atoms with Crippen LogP contribution in [0.4, 0.5) is 0 Å². The monoisotopic (exact) mass is 492 g/mol. The minimum Gasteiger partial charge on any atom is -0.378 e. The zero-order valence-electron chi connectivity index (χ0n) is 20.6. The zero-order valence-corrected chi connectivity index (χ0v) is 21.3. The number of hydrogen-bond acceptors (Lipinski definition) is 4. The highest BCUT2D eigenvalue weighted by molar-refractivity contribution is 6.30. The Morgan fingerprint density at radius 1 is 1.17 bits per heavy atom. The van der Waals surface area contributed by atoms with E-state index in [1.807, 2.05) is 32.2 Å². The predicted octanol–water partition coefficient (Wildman–Crippen LogP) is 4.90. The molecule has 1 N–H and O–H groups in total. The first-order valence-corrected chi connectivity index (χ1v) is 12.7.